The Hall–Kier alpha value is -2.92. The van der Waals surface area contributed by atoms with E-state index in [0.29, 0.717) is 11.8 Å². The van der Waals surface area contributed by atoms with Gasteiger partial charge in [0.25, 0.3) is 0 Å². The highest BCUT2D eigenvalue weighted by atomic mass is 15.1. The van der Waals surface area contributed by atoms with Crippen LogP contribution in [0.15, 0.2) is 43.0 Å². The van der Waals surface area contributed by atoms with Crippen LogP contribution in [0.1, 0.15) is 66.6 Å². The number of hydrogen-bond acceptors (Lipinski definition) is 3. The molecule has 0 saturated carbocycles. The van der Waals surface area contributed by atoms with E-state index in [1.54, 1.807) is 6.33 Å². The van der Waals surface area contributed by atoms with E-state index in [0.717, 1.165) is 25.3 Å². The van der Waals surface area contributed by atoms with E-state index < -0.39 is 0 Å². The van der Waals surface area contributed by atoms with Crippen LogP contribution in [0.4, 0.5) is 0 Å². The van der Waals surface area contributed by atoms with Crippen molar-refractivity contribution in [1.82, 2.24) is 24.8 Å². The fourth-order valence-electron chi connectivity index (χ4n) is 5.23. The molecule has 166 valence electrons. The van der Waals surface area contributed by atoms with Gasteiger partial charge in [0.15, 0.2) is 0 Å². The van der Waals surface area contributed by atoms with Crippen molar-refractivity contribution in [3.05, 3.63) is 71.1 Å². The second kappa shape index (κ2) is 8.55. The van der Waals surface area contributed by atoms with Gasteiger partial charge in [-0.2, -0.15) is 0 Å². The first-order valence-corrected chi connectivity index (χ1v) is 11.8. The predicted octanol–water partition coefficient (Wildman–Crippen LogP) is 6.07. The Labute approximate surface area is 190 Å². The van der Waals surface area contributed by atoms with Crippen molar-refractivity contribution >= 4 is 10.9 Å². The molecule has 3 aromatic heterocycles. The summed E-state index contributed by atoms with van der Waals surface area (Å²) >= 11 is 0. The molecule has 4 aromatic rings. The van der Waals surface area contributed by atoms with Crippen molar-refractivity contribution in [2.45, 2.75) is 58.9 Å². The Balaban J connectivity index is 1.44. The van der Waals surface area contributed by atoms with E-state index in [4.69, 9.17) is 0 Å². The van der Waals surface area contributed by atoms with Gasteiger partial charge < -0.3 is 9.97 Å². The first kappa shape index (κ1) is 21.0. The van der Waals surface area contributed by atoms with Crippen LogP contribution in [0.2, 0.25) is 0 Å². The number of nitrogens with one attached hydrogen (secondary N) is 2. The maximum atomic E-state index is 4.47. The molecule has 0 spiro atoms. The number of rotatable bonds is 5. The molecule has 1 saturated heterocycles. The van der Waals surface area contributed by atoms with Crippen molar-refractivity contribution in [1.29, 1.82) is 0 Å². The van der Waals surface area contributed by atoms with Gasteiger partial charge in [0.05, 0.1) is 12.0 Å². The van der Waals surface area contributed by atoms with Gasteiger partial charge >= 0.3 is 0 Å². The van der Waals surface area contributed by atoms with E-state index in [-0.39, 0.29) is 0 Å². The molecule has 5 rings (SSSR count). The lowest BCUT2D eigenvalue weighted by Gasteiger charge is -2.31. The van der Waals surface area contributed by atoms with Crippen LogP contribution < -0.4 is 0 Å². The van der Waals surface area contributed by atoms with E-state index in [1.807, 2.05) is 12.4 Å². The normalized spacial score (nSPS) is 15.8. The molecular weight excluding hydrogens is 394 g/mol. The summed E-state index contributed by atoms with van der Waals surface area (Å²) in [6.45, 7) is 12.1. The molecule has 5 nitrogen and oxygen atoms in total. The summed E-state index contributed by atoms with van der Waals surface area (Å²) in [6, 6.07) is 9.30. The second-order valence-corrected chi connectivity index (χ2v) is 9.64. The van der Waals surface area contributed by atoms with Crippen molar-refractivity contribution in [2.75, 3.05) is 13.1 Å². The molecule has 5 heteroatoms. The summed E-state index contributed by atoms with van der Waals surface area (Å²) < 4.78 is 0. The highest BCUT2D eigenvalue weighted by Gasteiger charge is 2.23. The van der Waals surface area contributed by atoms with E-state index >= 15 is 0 Å². The molecule has 32 heavy (non-hydrogen) atoms. The number of imidazole rings is 1. The van der Waals surface area contributed by atoms with E-state index in [2.05, 4.69) is 76.8 Å². The third kappa shape index (κ3) is 3.97. The van der Waals surface area contributed by atoms with Crippen molar-refractivity contribution in [3.8, 4) is 11.3 Å². The number of likely N-dealkylation sites (tertiary alicyclic amines) is 1. The largest absolute Gasteiger partial charge is 0.354 e. The lowest BCUT2D eigenvalue weighted by molar-refractivity contribution is 0.203. The smallest absolute Gasteiger partial charge is 0.0922 e. The number of aromatic amines is 2. The SMILES string of the molecule is Cc1cc(-c2[nH]c3ccc(C4CCN(Cc5cnc[nH]5)CC4)cc3c2C(C)C)c(C)cn1. The maximum absolute atomic E-state index is 4.47. The average Bonchev–Trinajstić information content (AvgIpc) is 3.43. The van der Waals surface area contributed by atoms with Gasteiger partial charge in [-0.15, -0.1) is 0 Å². The Bertz CT molecular complexity index is 1210. The molecule has 4 heterocycles. The van der Waals surface area contributed by atoms with Gasteiger partial charge in [-0.05, 0) is 86.5 Å². The van der Waals surface area contributed by atoms with Gasteiger partial charge in [0, 0.05) is 46.8 Å². The third-order valence-corrected chi connectivity index (χ3v) is 6.96. The molecule has 0 unspecified atom stereocenters. The average molecular weight is 428 g/mol. The number of nitrogens with zero attached hydrogens (tertiary/aromatic N) is 3. The fourth-order valence-corrected chi connectivity index (χ4v) is 5.23. The van der Waals surface area contributed by atoms with Gasteiger partial charge in [-0.3, -0.25) is 9.88 Å². The molecule has 0 radical (unpaired) electrons. The molecule has 0 atom stereocenters. The number of H-pyrrole nitrogens is 2. The summed E-state index contributed by atoms with van der Waals surface area (Å²) in [5, 5.41) is 1.38. The molecule has 2 N–H and O–H groups in total. The molecule has 1 fully saturated rings. The van der Waals surface area contributed by atoms with E-state index in [9.17, 15) is 0 Å². The highest BCUT2D eigenvalue weighted by Crippen LogP contribution is 2.39. The number of benzene rings is 1. The minimum Gasteiger partial charge on any atom is -0.354 e. The summed E-state index contributed by atoms with van der Waals surface area (Å²) in [5.41, 5.74) is 10.1. The third-order valence-electron chi connectivity index (χ3n) is 6.96. The highest BCUT2D eigenvalue weighted by molar-refractivity contribution is 5.92. The zero-order valence-corrected chi connectivity index (χ0v) is 19.6. The zero-order valence-electron chi connectivity index (χ0n) is 19.6. The summed E-state index contributed by atoms with van der Waals surface area (Å²) in [7, 11) is 0. The molecule has 0 amide bonds. The number of fused-ring (bicyclic) bond motifs is 1. The second-order valence-electron chi connectivity index (χ2n) is 9.64. The molecule has 1 aliphatic heterocycles. The summed E-state index contributed by atoms with van der Waals surface area (Å²) in [4.78, 5) is 18.1. The molecular formula is C27H33N5. The lowest BCUT2D eigenvalue weighted by atomic mass is 9.87. The number of piperidine rings is 1. The van der Waals surface area contributed by atoms with Crippen LogP contribution in [0, 0.1) is 13.8 Å². The standard InChI is InChI=1S/C27H33N5/c1-17(2)26-24-12-21(20-7-9-32(10-8-20)15-22-14-28-16-30-22)5-6-25(24)31-27(26)23-11-19(4)29-13-18(23)3/h5-6,11-14,16-17,20,31H,7-10,15H2,1-4H3,(H,28,30). The van der Waals surface area contributed by atoms with Crippen LogP contribution in [-0.4, -0.2) is 37.9 Å². The number of aryl methyl sites for hydroxylation is 2. The van der Waals surface area contributed by atoms with Gasteiger partial charge in [0.1, 0.15) is 0 Å². The molecule has 1 aliphatic rings. The van der Waals surface area contributed by atoms with Gasteiger partial charge in [-0.1, -0.05) is 19.9 Å². The van der Waals surface area contributed by atoms with Crippen LogP contribution in [0.3, 0.4) is 0 Å². The van der Waals surface area contributed by atoms with Crippen LogP contribution in [0.25, 0.3) is 22.2 Å². The van der Waals surface area contributed by atoms with Crippen molar-refractivity contribution < 1.29 is 0 Å². The Morgan fingerprint density at radius 1 is 1.09 bits per heavy atom. The quantitative estimate of drug-likeness (QED) is 0.406. The predicted molar refractivity (Wildman–Crippen MR) is 131 cm³/mol. The summed E-state index contributed by atoms with van der Waals surface area (Å²) in [6.07, 6.45) is 8.10. The Kier molecular flexibility index (Phi) is 5.60. The number of hydrogen-bond donors (Lipinski definition) is 2. The first-order chi connectivity index (χ1) is 15.5. The van der Waals surface area contributed by atoms with E-state index in [1.165, 1.54) is 57.4 Å². The zero-order chi connectivity index (χ0) is 22.2. The lowest BCUT2D eigenvalue weighted by Crippen LogP contribution is -2.32. The Morgan fingerprint density at radius 3 is 2.62 bits per heavy atom. The fraction of sp³-hybridized carbons (Fsp3) is 0.407. The summed E-state index contributed by atoms with van der Waals surface area (Å²) in [5.74, 6) is 1.07. The van der Waals surface area contributed by atoms with Crippen molar-refractivity contribution in [3.63, 3.8) is 0 Å². The molecule has 0 aliphatic carbocycles. The van der Waals surface area contributed by atoms with Crippen molar-refractivity contribution in [2.24, 2.45) is 0 Å². The molecule has 1 aromatic carbocycles. The number of pyridine rings is 1. The molecule has 0 bridgehead atoms. The first-order valence-electron chi connectivity index (χ1n) is 11.8. The minimum absolute atomic E-state index is 0.443. The monoisotopic (exact) mass is 427 g/mol. The van der Waals surface area contributed by atoms with Crippen LogP contribution in [0.5, 0.6) is 0 Å². The minimum atomic E-state index is 0.443. The van der Waals surface area contributed by atoms with Gasteiger partial charge in [0.2, 0.25) is 0 Å². The van der Waals surface area contributed by atoms with Crippen LogP contribution in [-0.2, 0) is 6.54 Å². The Morgan fingerprint density at radius 2 is 1.91 bits per heavy atom. The number of aromatic nitrogens is 4. The van der Waals surface area contributed by atoms with Crippen LogP contribution >= 0.6 is 0 Å². The topological polar surface area (TPSA) is 60.6 Å². The van der Waals surface area contributed by atoms with Gasteiger partial charge in [-0.25, -0.2) is 4.98 Å². The maximum Gasteiger partial charge on any atom is 0.0922 e.